The van der Waals surface area contributed by atoms with Crippen molar-refractivity contribution in [3.63, 3.8) is 0 Å². The van der Waals surface area contributed by atoms with Crippen LogP contribution in [-0.4, -0.2) is 191 Å². The van der Waals surface area contributed by atoms with E-state index < -0.39 is 133 Å². The van der Waals surface area contributed by atoms with Gasteiger partial charge in [-0.1, -0.05) is 27.7 Å². The third-order valence-electron chi connectivity index (χ3n) is 19.7. The summed E-state index contributed by atoms with van der Waals surface area (Å²) < 4.78 is 44.5. The first-order valence-corrected chi connectivity index (χ1v) is 24.2. The van der Waals surface area contributed by atoms with Crippen molar-refractivity contribution in [3.05, 3.63) is 0 Å². The Hall–Kier alpha value is -0.720. The molecular formula is C47H78O18. The van der Waals surface area contributed by atoms with Gasteiger partial charge in [0, 0.05) is 5.92 Å². The summed E-state index contributed by atoms with van der Waals surface area (Å²) in [7, 11) is 0. The highest BCUT2D eigenvalue weighted by molar-refractivity contribution is 5.33. The molecule has 0 aromatic heterocycles. The maximum absolute atomic E-state index is 12.3. The maximum Gasteiger partial charge on any atom is 0.187 e. The lowest BCUT2D eigenvalue weighted by atomic mass is 9.41. The summed E-state index contributed by atoms with van der Waals surface area (Å²) in [5.74, 6) is -0.425. The Bertz CT molecular complexity index is 1750. The number of hydrogen-bond acceptors (Lipinski definition) is 18. The van der Waals surface area contributed by atoms with Gasteiger partial charge in [-0.15, -0.1) is 0 Å². The van der Waals surface area contributed by atoms with E-state index in [0.717, 1.165) is 19.3 Å². The highest BCUT2D eigenvalue weighted by Crippen LogP contribution is 2.89. The van der Waals surface area contributed by atoms with Gasteiger partial charge < -0.3 is 89.3 Å². The van der Waals surface area contributed by atoms with Crippen LogP contribution in [0.3, 0.4) is 0 Å². The van der Waals surface area contributed by atoms with Crippen LogP contribution in [0.25, 0.3) is 0 Å². The molecule has 0 aromatic carbocycles. The van der Waals surface area contributed by atoms with Crippen LogP contribution >= 0.6 is 0 Å². The number of hydrogen-bond donors (Lipinski definition) is 11. The van der Waals surface area contributed by atoms with Crippen molar-refractivity contribution >= 4 is 0 Å². The fourth-order valence-electron chi connectivity index (χ4n) is 16.3. The number of aliphatic hydroxyl groups excluding tert-OH is 10. The van der Waals surface area contributed by atoms with Crippen LogP contribution in [0.2, 0.25) is 0 Å². The maximum atomic E-state index is 12.3. The lowest BCUT2D eigenvalue weighted by Gasteiger charge is -2.65. The molecule has 374 valence electrons. The molecule has 2 spiro atoms. The van der Waals surface area contributed by atoms with Crippen molar-refractivity contribution in [2.75, 3.05) is 13.2 Å². The van der Waals surface area contributed by atoms with Crippen molar-refractivity contribution in [1.82, 2.24) is 0 Å². The summed E-state index contributed by atoms with van der Waals surface area (Å²) >= 11 is 0. The SMILES string of the molecule is C[C@@H]1O[C@@H](O[C@H]2[C@H](O[C@H]3CC[C@]45C[C@]46CC[C@]4(C)[C@@H]([C@@]7(C)CC[C@@H](C(C)(C)O)O7)[C@@H](O)C[C@@]4(C)[C@@H]6C[C@H](O[C@@H]4O[C@H](CO)[C@@H](O)[C@H](O)[C@H]4O)[C@H]5C3(C)C)OC[C@@H](O)[C@@H]2O)[C@H](O)[C@H](O)[C@H]1O. The summed E-state index contributed by atoms with van der Waals surface area (Å²) in [4.78, 5) is 0. The molecule has 0 bridgehead atoms. The first kappa shape index (κ1) is 49.3. The van der Waals surface area contributed by atoms with Crippen LogP contribution in [0, 0.1) is 44.8 Å². The Morgan fingerprint density at radius 2 is 1.31 bits per heavy atom. The zero-order valence-electron chi connectivity index (χ0n) is 39.2. The van der Waals surface area contributed by atoms with E-state index in [9.17, 15) is 56.2 Å². The van der Waals surface area contributed by atoms with E-state index >= 15 is 0 Å². The van der Waals surface area contributed by atoms with Gasteiger partial charge in [0.05, 0.1) is 54.9 Å². The number of fused-ring (bicyclic) bond motifs is 2. The molecule has 18 heteroatoms. The van der Waals surface area contributed by atoms with Gasteiger partial charge in [0.15, 0.2) is 18.9 Å². The average molecular weight is 931 g/mol. The summed E-state index contributed by atoms with van der Waals surface area (Å²) in [6.07, 6.45) is -16.0. The minimum atomic E-state index is -1.69. The quantitative estimate of drug-likeness (QED) is 0.131. The molecule has 5 aliphatic carbocycles. The molecule has 18 nitrogen and oxygen atoms in total. The molecule has 26 atom stereocenters. The topological polar surface area (TPSA) is 287 Å². The second kappa shape index (κ2) is 16.4. The summed E-state index contributed by atoms with van der Waals surface area (Å²) in [6.45, 7) is 15.1. The van der Waals surface area contributed by atoms with Crippen molar-refractivity contribution in [1.29, 1.82) is 0 Å². The van der Waals surface area contributed by atoms with E-state index in [1.807, 2.05) is 0 Å². The standard InChI is InChI=1S/C47H78O18/c1-20-28(51)31(54)33(56)38(60-20)64-35-29(52)22(50)18-59-40(35)63-26-10-12-47-19-46(47)14-13-43(6)36(45(8)11-9-27(65-45)42(4,5)58)21(49)16-44(43,7)25(46)15-23(37(47)41(26,2)3)61-39-34(57)32(55)30(53)24(17-48)62-39/h20-40,48-58H,9-19H2,1-8H3/t20-,21-,22+,23-,24+,25-,26-,27-,28-,29-,30+,31+,32-,33+,34+,35+,36-,37-,38-,39+,40-,43+,44-,45+,46-,47+/m0/s1. The molecule has 4 aliphatic heterocycles. The fraction of sp³-hybridized carbons (Fsp3) is 1.00. The Morgan fingerprint density at radius 1 is 0.646 bits per heavy atom. The first-order chi connectivity index (χ1) is 30.2. The van der Waals surface area contributed by atoms with E-state index in [4.69, 9.17) is 33.2 Å². The minimum Gasteiger partial charge on any atom is -0.394 e. The molecule has 65 heavy (non-hydrogen) atoms. The molecule has 9 fully saturated rings. The molecule has 0 aromatic rings. The largest absolute Gasteiger partial charge is 0.394 e. The summed E-state index contributed by atoms with van der Waals surface area (Å²) in [6, 6.07) is 0. The molecule has 0 radical (unpaired) electrons. The Balaban J connectivity index is 1.04. The van der Waals surface area contributed by atoms with E-state index in [1.165, 1.54) is 6.92 Å². The van der Waals surface area contributed by atoms with Crippen molar-refractivity contribution in [3.8, 4) is 0 Å². The van der Waals surface area contributed by atoms with Gasteiger partial charge in [-0.05, 0) is 124 Å². The van der Waals surface area contributed by atoms with Crippen LogP contribution in [-0.2, 0) is 33.2 Å². The predicted molar refractivity (Wildman–Crippen MR) is 225 cm³/mol. The van der Waals surface area contributed by atoms with E-state index in [1.54, 1.807) is 13.8 Å². The zero-order valence-corrected chi connectivity index (χ0v) is 39.2. The van der Waals surface area contributed by atoms with Crippen molar-refractivity contribution < 1.29 is 89.3 Å². The Kier molecular flexibility index (Phi) is 12.4. The van der Waals surface area contributed by atoms with E-state index in [-0.39, 0.29) is 46.7 Å². The lowest BCUT2D eigenvalue weighted by molar-refractivity contribution is -0.366. The smallest absolute Gasteiger partial charge is 0.187 e. The Morgan fingerprint density at radius 3 is 1.95 bits per heavy atom. The van der Waals surface area contributed by atoms with Crippen molar-refractivity contribution in [2.45, 2.75) is 235 Å². The number of ether oxygens (including phenoxy) is 7. The van der Waals surface area contributed by atoms with Crippen LogP contribution in [0.4, 0.5) is 0 Å². The number of rotatable bonds is 9. The molecule has 11 N–H and O–H groups in total. The average Bonchev–Trinajstić information content (AvgIpc) is 3.60. The molecular weight excluding hydrogens is 852 g/mol. The van der Waals surface area contributed by atoms with Gasteiger partial charge in [-0.3, -0.25) is 0 Å². The first-order valence-electron chi connectivity index (χ1n) is 24.2. The normalized spacial score (nSPS) is 58.7. The zero-order chi connectivity index (χ0) is 47.4. The molecule has 9 aliphatic rings. The molecule has 4 saturated heterocycles. The fourth-order valence-corrected chi connectivity index (χ4v) is 16.3. The third kappa shape index (κ3) is 7.23. The Labute approximate surface area is 381 Å². The molecule has 0 amide bonds. The number of aliphatic hydroxyl groups is 11. The van der Waals surface area contributed by atoms with Crippen LogP contribution in [0.1, 0.15) is 113 Å². The molecule has 5 saturated carbocycles. The van der Waals surface area contributed by atoms with Crippen LogP contribution < -0.4 is 0 Å². The van der Waals surface area contributed by atoms with Gasteiger partial charge in [0.1, 0.15) is 61.0 Å². The molecule has 0 unspecified atom stereocenters. The van der Waals surface area contributed by atoms with Gasteiger partial charge in [0.25, 0.3) is 0 Å². The second-order valence-electron chi connectivity index (χ2n) is 23.8. The summed E-state index contributed by atoms with van der Waals surface area (Å²) in [5, 5.41) is 120. The lowest BCUT2D eigenvalue weighted by Crippen LogP contribution is -2.66. The van der Waals surface area contributed by atoms with Crippen LogP contribution in [0.5, 0.6) is 0 Å². The molecule has 4 heterocycles. The highest BCUT2D eigenvalue weighted by atomic mass is 16.8. The van der Waals surface area contributed by atoms with Crippen LogP contribution in [0.15, 0.2) is 0 Å². The third-order valence-corrected chi connectivity index (χ3v) is 19.7. The minimum absolute atomic E-state index is 0.0390. The second-order valence-corrected chi connectivity index (χ2v) is 23.8. The monoisotopic (exact) mass is 931 g/mol. The van der Waals surface area contributed by atoms with E-state index in [0.29, 0.717) is 38.5 Å². The van der Waals surface area contributed by atoms with Gasteiger partial charge in [-0.25, -0.2) is 0 Å². The highest BCUT2D eigenvalue weighted by Gasteiger charge is 2.85. The van der Waals surface area contributed by atoms with Crippen molar-refractivity contribution in [2.24, 2.45) is 44.8 Å². The predicted octanol–water partition coefficient (Wildman–Crippen LogP) is -0.424. The summed E-state index contributed by atoms with van der Waals surface area (Å²) in [5.41, 5.74) is -3.65. The van der Waals surface area contributed by atoms with Gasteiger partial charge >= 0.3 is 0 Å². The van der Waals surface area contributed by atoms with Gasteiger partial charge in [-0.2, -0.15) is 0 Å². The van der Waals surface area contributed by atoms with Gasteiger partial charge in [0.2, 0.25) is 0 Å². The molecule has 9 rings (SSSR count). The van der Waals surface area contributed by atoms with E-state index in [2.05, 4.69) is 34.6 Å².